The molecule has 0 fully saturated rings. The molecule has 0 saturated carbocycles. The lowest BCUT2D eigenvalue weighted by atomic mass is 10.0. The number of carbonyl (C=O) groups is 2. The van der Waals surface area contributed by atoms with Crippen LogP contribution in [0, 0.1) is 0 Å². The maximum Gasteiger partial charge on any atom is 0.472 e. The summed E-state index contributed by atoms with van der Waals surface area (Å²) >= 11 is 0. The molecule has 0 aromatic heterocycles. The molecule has 0 aromatic rings. The molecule has 0 saturated heterocycles. The summed E-state index contributed by atoms with van der Waals surface area (Å²) in [4.78, 5) is 35.5. The van der Waals surface area contributed by atoms with Crippen molar-refractivity contribution in [2.75, 3.05) is 26.4 Å². The van der Waals surface area contributed by atoms with Crippen molar-refractivity contribution in [3.63, 3.8) is 0 Å². The summed E-state index contributed by atoms with van der Waals surface area (Å²) in [7, 11) is -4.40. The number of nitrogens with two attached hydrogens (primary N) is 1. The molecule has 0 rings (SSSR count). The number of hydrogen-bond donors (Lipinski definition) is 2. The number of carbonyl (C=O) groups excluding carboxylic acids is 2. The average Bonchev–Trinajstić information content (AvgIpc) is 2.69. The molecule has 3 N–H and O–H groups in total. The van der Waals surface area contributed by atoms with E-state index in [1.807, 2.05) is 0 Å². The second kappa shape index (κ2) is 81.1. The van der Waals surface area contributed by atoms with Gasteiger partial charge in [0, 0.05) is 19.4 Å². The van der Waals surface area contributed by atoms with Crippen LogP contribution in [0.4, 0.5) is 0 Å². The van der Waals surface area contributed by atoms with Gasteiger partial charge in [-0.1, -0.05) is 385 Å². The lowest BCUT2D eigenvalue weighted by Crippen LogP contribution is -2.29. The largest absolute Gasteiger partial charge is 0.472 e. The summed E-state index contributed by atoms with van der Waals surface area (Å²) in [5, 5.41) is 0. The van der Waals surface area contributed by atoms with Crippen molar-refractivity contribution in [2.24, 2.45) is 5.73 Å². The number of hydrogen-bond acceptors (Lipinski definition) is 8. The zero-order chi connectivity index (χ0) is 70.0. The molecule has 0 aliphatic heterocycles. The quantitative estimate of drug-likeness (QED) is 0.0264. The van der Waals surface area contributed by atoms with Crippen LogP contribution in [0.3, 0.4) is 0 Å². The number of phosphoric ester groups is 1. The van der Waals surface area contributed by atoms with Crippen LogP contribution in [0.25, 0.3) is 0 Å². The normalized spacial score (nSPS) is 13.6. The highest BCUT2D eigenvalue weighted by molar-refractivity contribution is 7.47. The van der Waals surface area contributed by atoms with E-state index in [9.17, 15) is 19.0 Å². The number of unbranched alkanes of at least 4 members (excludes halogenated alkanes) is 41. The van der Waals surface area contributed by atoms with Crippen molar-refractivity contribution in [1.82, 2.24) is 0 Å². The van der Waals surface area contributed by atoms with Crippen molar-refractivity contribution in [3.05, 3.63) is 134 Å². The SMILES string of the molecule is CC/C=C\C/C=C\C/C=C\C/C=C\C/C=C\C/C=C\C/C=C\CCCCCCCCCCCCCCCC(=O)OC(COC(=O)CCCCCCCCCCCCCCCCCCCCCCCCCCCCCC/C=C\C/C=C\C/C=C\C/C=C\CC)COP(=O)(O)OCCN. The Morgan fingerprint density at radius 3 is 0.794 bits per heavy atom. The van der Waals surface area contributed by atoms with Gasteiger partial charge in [-0.25, -0.2) is 4.57 Å². The highest BCUT2D eigenvalue weighted by Gasteiger charge is 2.26. The Balaban J connectivity index is 3.79. The van der Waals surface area contributed by atoms with Crippen LogP contribution in [-0.4, -0.2) is 49.3 Å². The van der Waals surface area contributed by atoms with Crippen LogP contribution >= 0.6 is 7.82 Å². The van der Waals surface area contributed by atoms with Gasteiger partial charge in [-0.05, 0) is 109 Å². The zero-order valence-electron chi connectivity index (χ0n) is 63.0. The minimum atomic E-state index is -4.40. The number of phosphoric acid groups is 1. The smallest absolute Gasteiger partial charge is 0.462 e. The topological polar surface area (TPSA) is 134 Å². The first-order valence-corrected chi connectivity index (χ1v) is 42.2. The Bertz CT molecular complexity index is 2060. The first kappa shape index (κ1) is 93.2. The number of rotatable bonds is 76. The zero-order valence-corrected chi connectivity index (χ0v) is 63.9. The van der Waals surface area contributed by atoms with E-state index in [0.29, 0.717) is 6.42 Å². The first-order valence-electron chi connectivity index (χ1n) is 40.7. The minimum absolute atomic E-state index is 0.0507. The third kappa shape index (κ3) is 81.0. The van der Waals surface area contributed by atoms with Gasteiger partial charge in [-0.15, -0.1) is 0 Å². The molecule has 9 nitrogen and oxygen atoms in total. The van der Waals surface area contributed by atoms with E-state index in [1.54, 1.807) is 0 Å². The summed E-state index contributed by atoms with van der Waals surface area (Å²) in [6.45, 7) is 3.56. The van der Waals surface area contributed by atoms with Gasteiger partial charge < -0.3 is 20.1 Å². The van der Waals surface area contributed by atoms with Crippen molar-refractivity contribution >= 4 is 19.8 Å². The van der Waals surface area contributed by atoms with Gasteiger partial charge in [0.05, 0.1) is 13.2 Å². The summed E-state index contributed by atoms with van der Waals surface area (Å²) in [6, 6.07) is 0. The van der Waals surface area contributed by atoms with Crippen molar-refractivity contribution in [1.29, 1.82) is 0 Å². The van der Waals surface area contributed by atoms with E-state index in [0.717, 1.165) is 109 Å². The van der Waals surface area contributed by atoms with Crippen molar-refractivity contribution < 1.29 is 37.6 Å². The van der Waals surface area contributed by atoms with E-state index in [4.69, 9.17) is 24.3 Å². The van der Waals surface area contributed by atoms with Crippen LogP contribution in [0.15, 0.2) is 134 Å². The molecule has 0 aromatic carbocycles. The van der Waals surface area contributed by atoms with E-state index >= 15 is 0 Å². The second-order valence-corrected chi connectivity index (χ2v) is 28.3. The molecule has 0 aliphatic rings. The molecule has 0 amide bonds. The molecule has 97 heavy (non-hydrogen) atoms. The van der Waals surface area contributed by atoms with Crippen LogP contribution in [0.1, 0.15) is 373 Å². The molecule has 0 radical (unpaired) electrons. The Hall–Kier alpha value is -3.85. The summed E-state index contributed by atoms with van der Waals surface area (Å²) in [5.41, 5.74) is 5.42. The third-order valence-corrected chi connectivity index (χ3v) is 18.5. The van der Waals surface area contributed by atoms with Crippen LogP contribution in [-0.2, 0) is 32.7 Å². The number of ether oxygens (including phenoxy) is 2. The van der Waals surface area contributed by atoms with Gasteiger partial charge >= 0.3 is 19.8 Å². The van der Waals surface area contributed by atoms with E-state index in [2.05, 4.69) is 148 Å². The lowest BCUT2D eigenvalue weighted by molar-refractivity contribution is -0.161. The highest BCUT2D eigenvalue weighted by atomic mass is 31.2. The molecule has 0 bridgehead atoms. The van der Waals surface area contributed by atoms with Crippen LogP contribution < -0.4 is 5.73 Å². The molecule has 10 heteroatoms. The maximum absolute atomic E-state index is 12.8. The Morgan fingerprint density at radius 1 is 0.309 bits per heavy atom. The van der Waals surface area contributed by atoms with Gasteiger partial charge in [-0.3, -0.25) is 18.6 Å². The second-order valence-electron chi connectivity index (χ2n) is 26.9. The minimum Gasteiger partial charge on any atom is -0.462 e. The fraction of sp³-hybridized carbons (Fsp3) is 0.724. The average molecular weight is 1370 g/mol. The monoisotopic (exact) mass is 1370 g/mol. The highest BCUT2D eigenvalue weighted by Crippen LogP contribution is 2.43. The Labute approximate surface area is 599 Å². The molecule has 2 atom stereocenters. The van der Waals surface area contributed by atoms with Gasteiger partial charge in [0.1, 0.15) is 6.61 Å². The molecule has 0 heterocycles. The van der Waals surface area contributed by atoms with Crippen LogP contribution in [0.5, 0.6) is 0 Å². The summed E-state index contributed by atoms with van der Waals surface area (Å²) in [6.07, 6.45) is 116. The Kier molecular flexibility index (Phi) is 77.9. The predicted octanol–water partition coefficient (Wildman–Crippen LogP) is 27.5. The Morgan fingerprint density at radius 2 is 0.536 bits per heavy atom. The van der Waals surface area contributed by atoms with Gasteiger partial charge in [0.2, 0.25) is 0 Å². The number of esters is 2. The molecule has 558 valence electrons. The summed E-state index contributed by atoms with van der Waals surface area (Å²) < 4.78 is 33.3. The fourth-order valence-corrected chi connectivity index (χ4v) is 12.4. The molecule has 0 aliphatic carbocycles. The van der Waals surface area contributed by atoms with Gasteiger partial charge in [0.25, 0.3) is 0 Å². The predicted molar refractivity (Wildman–Crippen MR) is 422 cm³/mol. The first-order chi connectivity index (χ1) is 47.8. The molecule has 2 unspecified atom stereocenters. The maximum atomic E-state index is 12.8. The summed E-state index contributed by atoms with van der Waals surface area (Å²) in [5.74, 6) is -0.817. The fourth-order valence-electron chi connectivity index (χ4n) is 11.6. The van der Waals surface area contributed by atoms with Gasteiger partial charge in [-0.2, -0.15) is 0 Å². The van der Waals surface area contributed by atoms with Crippen molar-refractivity contribution in [3.8, 4) is 0 Å². The van der Waals surface area contributed by atoms with E-state index in [1.165, 1.54) is 231 Å². The molecular formula is C87H152NO8P. The van der Waals surface area contributed by atoms with Gasteiger partial charge in [0.15, 0.2) is 6.10 Å². The molecule has 0 spiro atoms. The third-order valence-electron chi connectivity index (χ3n) is 17.5. The lowest BCUT2D eigenvalue weighted by Gasteiger charge is -2.19. The standard InChI is InChI=1S/C87H152NO8P/c1-3-5-7-9-11-13-15-17-19-21-23-25-27-29-31-33-35-37-39-40-41-42-43-44-46-47-49-51-53-55-57-59-61-63-65-67-69-71-73-75-77-79-86(89)93-83-85(84-95-97(91,92)94-82-81-88)96-87(90)80-78-76-74-72-70-68-66-64-62-60-58-56-54-52-50-48-45-38-36-34-32-30-28-26-24-22-20-18-16-14-12-10-8-6-4-2/h5-8,11-14,17-20,23-26,30,32,36,38,48,50,85H,3-4,9-10,15-16,21-22,27-29,31,33-35,37,39-47,49,51-84,88H2,1-2H3,(H,91,92)/b7-5-,8-6-,13-11-,14-12-,19-17-,20-18-,25-23-,26-24-,32-30-,38-36-,50-48-. The number of allylic oxidation sites excluding steroid dienone is 22. The van der Waals surface area contributed by atoms with Crippen molar-refractivity contribution in [2.45, 2.75) is 380 Å². The van der Waals surface area contributed by atoms with E-state index in [-0.39, 0.29) is 38.6 Å². The van der Waals surface area contributed by atoms with Crippen LogP contribution in [0.2, 0.25) is 0 Å². The van der Waals surface area contributed by atoms with E-state index < -0.39 is 26.5 Å². The molecular weight excluding hydrogens is 1220 g/mol.